The number of thiophene rings is 1. The Morgan fingerprint density at radius 1 is 1.57 bits per heavy atom. The van der Waals surface area contributed by atoms with Crippen LogP contribution in [0.5, 0.6) is 0 Å². The first-order valence-electron chi connectivity index (χ1n) is 3.90. The van der Waals surface area contributed by atoms with Crippen molar-refractivity contribution in [2.75, 3.05) is 0 Å². The molecule has 0 atom stereocenters. The van der Waals surface area contributed by atoms with Crippen LogP contribution in [0.1, 0.15) is 11.8 Å². The smallest absolute Gasteiger partial charge is 0.312 e. The minimum atomic E-state index is -0.382. The maximum absolute atomic E-state index is 11.2. The Morgan fingerprint density at radius 2 is 2.36 bits per heavy atom. The number of carbonyl (C=O) groups excluding carboxylic acids is 1. The molecule has 0 saturated heterocycles. The number of halogens is 1. The average molecular weight is 272 g/mol. The fourth-order valence-electron chi connectivity index (χ4n) is 1.07. The molecule has 3 nitrogen and oxygen atoms in total. The van der Waals surface area contributed by atoms with E-state index >= 15 is 0 Å². The Labute approximate surface area is 93.2 Å². The highest BCUT2D eigenvalue weighted by Gasteiger charge is 2.21. The number of nitrogens with zero attached hydrogens (tertiary/aromatic N) is 1. The van der Waals surface area contributed by atoms with Gasteiger partial charge in [-0.3, -0.25) is 0 Å². The molecule has 2 heterocycles. The van der Waals surface area contributed by atoms with Crippen molar-refractivity contribution in [2.24, 2.45) is 5.16 Å². The molecule has 1 aliphatic rings. The second-order valence-electron chi connectivity index (χ2n) is 2.76. The highest BCUT2D eigenvalue weighted by molar-refractivity contribution is 9.11. The quantitative estimate of drug-likeness (QED) is 0.582. The highest BCUT2D eigenvalue weighted by atomic mass is 79.9. The average Bonchev–Trinajstić information content (AvgIpc) is 2.67. The summed E-state index contributed by atoms with van der Waals surface area (Å²) < 4.78 is 1.03. The molecule has 5 heteroatoms. The highest BCUT2D eigenvalue weighted by Crippen LogP contribution is 2.25. The lowest BCUT2D eigenvalue weighted by Crippen LogP contribution is -2.01. The van der Waals surface area contributed by atoms with Gasteiger partial charge in [0.05, 0.1) is 15.1 Å². The monoisotopic (exact) mass is 271 g/mol. The van der Waals surface area contributed by atoms with Crippen molar-refractivity contribution in [1.29, 1.82) is 0 Å². The topological polar surface area (TPSA) is 38.7 Å². The third-order valence-electron chi connectivity index (χ3n) is 1.76. The van der Waals surface area contributed by atoms with Crippen molar-refractivity contribution in [1.82, 2.24) is 0 Å². The summed E-state index contributed by atoms with van der Waals surface area (Å²) in [6.07, 6.45) is 1.78. The van der Waals surface area contributed by atoms with Gasteiger partial charge in [-0.25, -0.2) is 4.79 Å². The van der Waals surface area contributed by atoms with E-state index in [1.165, 1.54) is 0 Å². The van der Waals surface area contributed by atoms with E-state index in [1.807, 2.05) is 12.1 Å². The fraction of sp³-hybridized carbons (Fsp3) is 0.111. The summed E-state index contributed by atoms with van der Waals surface area (Å²) in [6, 6.07) is 3.87. The zero-order valence-electron chi connectivity index (χ0n) is 7.28. The lowest BCUT2D eigenvalue weighted by molar-refractivity contribution is -0.136. The van der Waals surface area contributed by atoms with E-state index in [4.69, 9.17) is 0 Å². The molecule has 2 rings (SSSR count). The van der Waals surface area contributed by atoms with Gasteiger partial charge in [0.2, 0.25) is 0 Å². The molecular weight excluding hydrogens is 266 g/mol. The number of carbonyl (C=O) groups is 1. The molecule has 1 aromatic heterocycles. The second kappa shape index (κ2) is 3.67. The molecule has 0 spiro atoms. The maximum Gasteiger partial charge on any atom is 0.367 e. The van der Waals surface area contributed by atoms with Gasteiger partial charge in [-0.05, 0) is 41.1 Å². The molecule has 72 valence electrons. The summed E-state index contributed by atoms with van der Waals surface area (Å²) in [4.78, 5) is 16.7. The van der Waals surface area contributed by atoms with E-state index in [0.29, 0.717) is 11.3 Å². The molecule has 0 radical (unpaired) electrons. The minimum Gasteiger partial charge on any atom is -0.312 e. The van der Waals surface area contributed by atoms with E-state index < -0.39 is 0 Å². The van der Waals surface area contributed by atoms with Crippen molar-refractivity contribution in [2.45, 2.75) is 6.92 Å². The number of hydrogen-bond donors (Lipinski definition) is 0. The van der Waals surface area contributed by atoms with Crippen molar-refractivity contribution in [3.8, 4) is 0 Å². The van der Waals surface area contributed by atoms with Crippen LogP contribution in [0.25, 0.3) is 6.08 Å². The number of rotatable bonds is 1. The standard InChI is InChI=1S/C9H6BrNO2S/c1-5-7(9(12)13-11-5)4-6-2-3-8(10)14-6/h2-4H,1H3/b7-4-. The molecule has 0 bridgehead atoms. The van der Waals surface area contributed by atoms with Gasteiger partial charge in [-0.1, -0.05) is 5.16 Å². The van der Waals surface area contributed by atoms with E-state index in [0.717, 1.165) is 8.66 Å². The molecule has 0 unspecified atom stereocenters. The van der Waals surface area contributed by atoms with Crippen LogP contribution in [0, 0.1) is 0 Å². The molecule has 0 saturated carbocycles. The lowest BCUT2D eigenvalue weighted by Gasteiger charge is -1.90. The lowest BCUT2D eigenvalue weighted by atomic mass is 10.1. The number of hydrogen-bond acceptors (Lipinski definition) is 4. The Balaban J connectivity index is 2.35. The van der Waals surface area contributed by atoms with Gasteiger partial charge in [-0.15, -0.1) is 11.3 Å². The zero-order valence-corrected chi connectivity index (χ0v) is 9.68. The van der Waals surface area contributed by atoms with E-state index in [9.17, 15) is 4.79 Å². The van der Waals surface area contributed by atoms with Crippen molar-refractivity contribution in [3.63, 3.8) is 0 Å². The van der Waals surface area contributed by atoms with Gasteiger partial charge in [0.25, 0.3) is 0 Å². The molecule has 0 aliphatic carbocycles. The second-order valence-corrected chi connectivity index (χ2v) is 5.25. The predicted molar refractivity (Wildman–Crippen MR) is 59.2 cm³/mol. The summed E-state index contributed by atoms with van der Waals surface area (Å²) in [6.45, 7) is 1.75. The Bertz CT molecular complexity index is 447. The SMILES string of the molecule is CC1=NOC(=O)/C1=C\c1ccc(Br)s1. The van der Waals surface area contributed by atoms with Crippen molar-refractivity contribution < 1.29 is 9.63 Å². The van der Waals surface area contributed by atoms with Gasteiger partial charge in [0.15, 0.2) is 0 Å². The van der Waals surface area contributed by atoms with Crippen LogP contribution >= 0.6 is 27.3 Å². The van der Waals surface area contributed by atoms with E-state index in [2.05, 4.69) is 25.9 Å². The van der Waals surface area contributed by atoms with Crippen molar-refractivity contribution in [3.05, 3.63) is 26.4 Å². The fourth-order valence-corrected chi connectivity index (χ4v) is 2.43. The van der Waals surface area contributed by atoms with Crippen LogP contribution in [-0.2, 0) is 9.63 Å². The molecule has 0 amide bonds. The normalized spacial score (nSPS) is 18.6. The third-order valence-corrected chi connectivity index (χ3v) is 3.33. The summed E-state index contributed by atoms with van der Waals surface area (Å²) in [5.74, 6) is -0.382. The summed E-state index contributed by atoms with van der Waals surface area (Å²) in [7, 11) is 0. The van der Waals surface area contributed by atoms with Crippen LogP contribution in [0.2, 0.25) is 0 Å². The molecule has 14 heavy (non-hydrogen) atoms. The molecule has 0 N–H and O–H groups in total. The van der Waals surface area contributed by atoms with Gasteiger partial charge in [-0.2, -0.15) is 0 Å². The molecule has 0 aromatic carbocycles. The molecule has 0 fully saturated rings. The number of oxime groups is 1. The van der Waals surface area contributed by atoms with Crippen LogP contribution in [-0.4, -0.2) is 11.7 Å². The Morgan fingerprint density at radius 3 is 2.86 bits per heavy atom. The molecular formula is C9H6BrNO2S. The summed E-state index contributed by atoms with van der Waals surface area (Å²) in [5.41, 5.74) is 1.15. The largest absolute Gasteiger partial charge is 0.367 e. The maximum atomic E-state index is 11.2. The summed E-state index contributed by atoms with van der Waals surface area (Å²) >= 11 is 4.91. The minimum absolute atomic E-state index is 0.382. The third kappa shape index (κ3) is 1.78. The Hall–Kier alpha value is -0.940. The van der Waals surface area contributed by atoms with Gasteiger partial charge in [0.1, 0.15) is 0 Å². The van der Waals surface area contributed by atoms with E-state index in [-0.39, 0.29) is 5.97 Å². The van der Waals surface area contributed by atoms with Gasteiger partial charge < -0.3 is 4.84 Å². The van der Waals surface area contributed by atoms with Crippen molar-refractivity contribution >= 4 is 45.0 Å². The first kappa shape index (κ1) is 9.61. The summed E-state index contributed by atoms with van der Waals surface area (Å²) in [5, 5.41) is 3.59. The van der Waals surface area contributed by atoms with Gasteiger partial charge >= 0.3 is 5.97 Å². The van der Waals surface area contributed by atoms with Crippen LogP contribution in [0.15, 0.2) is 26.6 Å². The predicted octanol–water partition coefficient (Wildman–Crippen LogP) is 2.83. The first-order chi connectivity index (χ1) is 6.66. The van der Waals surface area contributed by atoms with Gasteiger partial charge in [0, 0.05) is 4.88 Å². The molecule has 1 aliphatic heterocycles. The molecule has 1 aromatic rings. The first-order valence-corrected chi connectivity index (χ1v) is 5.51. The zero-order chi connectivity index (χ0) is 10.1. The van der Waals surface area contributed by atoms with Crippen LogP contribution in [0.4, 0.5) is 0 Å². The van der Waals surface area contributed by atoms with Crippen LogP contribution < -0.4 is 0 Å². The van der Waals surface area contributed by atoms with Crippen LogP contribution in [0.3, 0.4) is 0 Å². The van der Waals surface area contributed by atoms with E-state index in [1.54, 1.807) is 24.3 Å². The Kier molecular flexibility index (Phi) is 2.52.